The molecule has 25 heavy (non-hydrogen) atoms. The van der Waals surface area contributed by atoms with Crippen molar-refractivity contribution in [3.05, 3.63) is 30.0 Å². The van der Waals surface area contributed by atoms with Crippen LogP contribution in [0.4, 0.5) is 0 Å². The van der Waals surface area contributed by atoms with Crippen molar-refractivity contribution in [2.45, 2.75) is 44.9 Å². The van der Waals surface area contributed by atoms with Crippen LogP contribution in [0.25, 0.3) is 11.0 Å². The van der Waals surface area contributed by atoms with E-state index in [1.165, 1.54) is 0 Å². The second kappa shape index (κ2) is 8.56. The summed E-state index contributed by atoms with van der Waals surface area (Å²) in [6.07, 6.45) is 1.08. The van der Waals surface area contributed by atoms with Gasteiger partial charge in [0.25, 0.3) is 0 Å². The van der Waals surface area contributed by atoms with Crippen LogP contribution in [0.3, 0.4) is 0 Å². The fourth-order valence-corrected chi connectivity index (χ4v) is 2.99. The Labute approximate surface area is 153 Å². The molecule has 0 saturated carbocycles. The zero-order valence-electron chi connectivity index (χ0n) is 14.5. The molecule has 1 aromatic carbocycles. The zero-order valence-corrected chi connectivity index (χ0v) is 15.3. The lowest BCUT2D eigenvalue weighted by atomic mass is 10.1. The number of ether oxygens (including phenoxy) is 2. The number of halogens is 1. The summed E-state index contributed by atoms with van der Waals surface area (Å²) >= 11 is 0. The first kappa shape index (κ1) is 19.6. The Balaban J connectivity index is 0.00000225. The fourth-order valence-electron chi connectivity index (χ4n) is 2.99. The quantitative estimate of drug-likeness (QED) is 0.818. The van der Waals surface area contributed by atoms with Gasteiger partial charge in [-0.15, -0.1) is 12.4 Å². The summed E-state index contributed by atoms with van der Waals surface area (Å²) in [6, 6.07) is 7.45. The number of hydrogen-bond acceptors (Lipinski definition) is 5. The van der Waals surface area contributed by atoms with Crippen molar-refractivity contribution in [1.29, 1.82) is 0 Å². The number of nitrogens with one attached hydrogen (secondary N) is 1. The van der Waals surface area contributed by atoms with Gasteiger partial charge in [0.05, 0.1) is 18.8 Å². The molecule has 6 nitrogen and oxygen atoms in total. The maximum atomic E-state index is 12.3. The van der Waals surface area contributed by atoms with Crippen molar-refractivity contribution in [2.75, 3.05) is 13.2 Å². The summed E-state index contributed by atoms with van der Waals surface area (Å²) in [5.41, 5.74) is 6.29. The summed E-state index contributed by atoms with van der Waals surface area (Å²) in [5.74, 6) is 1.28. The second-order valence-electron chi connectivity index (χ2n) is 6.05. The average molecular weight is 369 g/mol. The first-order chi connectivity index (χ1) is 11.6. The van der Waals surface area contributed by atoms with Crippen LogP contribution in [0.5, 0.6) is 5.75 Å². The summed E-state index contributed by atoms with van der Waals surface area (Å²) in [4.78, 5) is 12.3. The maximum Gasteiger partial charge on any atom is 0.249 e. The summed E-state index contributed by atoms with van der Waals surface area (Å²) in [6.45, 7) is 4.85. The molecule has 1 saturated heterocycles. The van der Waals surface area contributed by atoms with Crippen molar-refractivity contribution in [3.8, 4) is 5.75 Å². The van der Waals surface area contributed by atoms with Crippen LogP contribution in [0.2, 0.25) is 0 Å². The molecule has 1 amide bonds. The van der Waals surface area contributed by atoms with Gasteiger partial charge in [0.2, 0.25) is 5.91 Å². The molecule has 3 N–H and O–H groups in total. The van der Waals surface area contributed by atoms with Gasteiger partial charge in [-0.1, -0.05) is 12.1 Å². The number of rotatable bonds is 6. The van der Waals surface area contributed by atoms with Crippen LogP contribution < -0.4 is 15.8 Å². The molecule has 0 spiro atoms. The van der Waals surface area contributed by atoms with E-state index in [2.05, 4.69) is 5.32 Å². The third-order valence-corrected chi connectivity index (χ3v) is 4.28. The lowest BCUT2D eigenvalue weighted by molar-refractivity contribution is -0.132. The van der Waals surface area contributed by atoms with Crippen molar-refractivity contribution >= 4 is 29.3 Å². The summed E-state index contributed by atoms with van der Waals surface area (Å²) in [7, 11) is 0. The second-order valence-corrected chi connectivity index (χ2v) is 6.05. The van der Waals surface area contributed by atoms with Crippen molar-refractivity contribution < 1.29 is 18.7 Å². The number of benzene rings is 1. The van der Waals surface area contributed by atoms with Crippen LogP contribution in [0.15, 0.2) is 28.7 Å². The highest BCUT2D eigenvalue weighted by Gasteiger charge is 2.31. The number of carbonyl (C=O) groups is 1. The van der Waals surface area contributed by atoms with Crippen LogP contribution in [-0.4, -0.2) is 31.3 Å². The normalized spacial score (nSPS) is 20.9. The van der Waals surface area contributed by atoms with E-state index in [-0.39, 0.29) is 30.5 Å². The predicted octanol–water partition coefficient (Wildman–Crippen LogP) is 2.94. The van der Waals surface area contributed by atoms with Gasteiger partial charge < -0.3 is 24.9 Å². The standard InChI is InChI=1S/C18H24N2O4.ClH/c1-3-22-14-6-4-5-12-9-16(24-17(12)14)11(2)20-18(21)15-8-7-13(10-19)23-15;/h4-6,9,11,13,15H,3,7-8,10,19H2,1-2H3,(H,20,21);1H/t11?,13-,15+;/m1./s1. The number of hydrogen-bond donors (Lipinski definition) is 2. The van der Waals surface area contributed by atoms with E-state index in [4.69, 9.17) is 19.6 Å². The summed E-state index contributed by atoms with van der Waals surface area (Å²) in [5, 5.41) is 3.91. The first-order valence-electron chi connectivity index (χ1n) is 8.43. The molecule has 138 valence electrons. The molecule has 1 aromatic heterocycles. The van der Waals surface area contributed by atoms with Gasteiger partial charge in [0, 0.05) is 11.9 Å². The van der Waals surface area contributed by atoms with E-state index in [9.17, 15) is 4.79 Å². The van der Waals surface area contributed by atoms with Crippen molar-refractivity contribution in [1.82, 2.24) is 5.32 Å². The molecular weight excluding hydrogens is 344 g/mol. The van der Waals surface area contributed by atoms with Crippen LogP contribution in [-0.2, 0) is 9.53 Å². The Morgan fingerprint density at radius 1 is 1.44 bits per heavy atom. The SMILES string of the molecule is CCOc1cccc2cc(C(C)NC(=O)[C@@H]3CC[C@H](CN)O3)oc12.Cl. The zero-order chi connectivity index (χ0) is 17.1. The topological polar surface area (TPSA) is 86.7 Å². The highest BCUT2D eigenvalue weighted by molar-refractivity contribution is 5.85. The predicted molar refractivity (Wildman–Crippen MR) is 98.1 cm³/mol. The van der Waals surface area contributed by atoms with Crippen LogP contribution >= 0.6 is 12.4 Å². The van der Waals surface area contributed by atoms with E-state index in [0.717, 1.165) is 11.8 Å². The Hall–Kier alpha value is -1.76. The molecule has 3 rings (SSSR count). The van der Waals surface area contributed by atoms with Gasteiger partial charge in [-0.3, -0.25) is 4.79 Å². The Morgan fingerprint density at radius 3 is 2.92 bits per heavy atom. The number of carbonyl (C=O) groups excluding carboxylic acids is 1. The lowest BCUT2D eigenvalue weighted by Gasteiger charge is -2.16. The molecule has 7 heteroatoms. The minimum Gasteiger partial charge on any atom is -0.490 e. The smallest absolute Gasteiger partial charge is 0.249 e. The van der Waals surface area contributed by atoms with E-state index in [1.54, 1.807) is 0 Å². The monoisotopic (exact) mass is 368 g/mol. The lowest BCUT2D eigenvalue weighted by Crippen LogP contribution is -2.36. The largest absolute Gasteiger partial charge is 0.490 e. The molecule has 2 aromatic rings. The van der Waals surface area contributed by atoms with Gasteiger partial charge in [0.15, 0.2) is 11.3 Å². The average Bonchev–Trinajstić information content (AvgIpc) is 3.22. The van der Waals surface area contributed by atoms with E-state index in [0.29, 0.717) is 36.7 Å². The third-order valence-electron chi connectivity index (χ3n) is 4.28. The van der Waals surface area contributed by atoms with E-state index >= 15 is 0 Å². The summed E-state index contributed by atoms with van der Waals surface area (Å²) < 4.78 is 17.1. The molecule has 0 aliphatic carbocycles. The van der Waals surface area contributed by atoms with Gasteiger partial charge in [0.1, 0.15) is 11.9 Å². The fraction of sp³-hybridized carbons (Fsp3) is 0.500. The molecule has 3 atom stereocenters. The molecule has 2 heterocycles. The van der Waals surface area contributed by atoms with E-state index < -0.39 is 6.10 Å². The molecule has 0 radical (unpaired) electrons. The third kappa shape index (κ3) is 4.26. The molecule has 1 unspecified atom stereocenters. The van der Waals surface area contributed by atoms with Gasteiger partial charge >= 0.3 is 0 Å². The Bertz CT molecular complexity index is 718. The Kier molecular flexibility index (Phi) is 6.70. The molecule has 0 bridgehead atoms. The van der Waals surface area contributed by atoms with Crippen molar-refractivity contribution in [2.24, 2.45) is 5.73 Å². The maximum absolute atomic E-state index is 12.3. The highest BCUT2D eigenvalue weighted by Crippen LogP contribution is 2.31. The molecular formula is C18H25ClN2O4. The first-order valence-corrected chi connectivity index (χ1v) is 8.43. The molecule has 1 fully saturated rings. The van der Waals surface area contributed by atoms with Gasteiger partial charge in [-0.05, 0) is 38.8 Å². The number of nitrogens with two attached hydrogens (primary N) is 1. The van der Waals surface area contributed by atoms with E-state index in [1.807, 2.05) is 38.1 Å². The highest BCUT2D eigenvalue weighted by atomic mass is 35.5. The van der Waals surface area contributed by atoms with Crippen LogP contribution in [0.1, 0.15) is 38.5 Å². The minimum absolute atomic E-state index is 0. The number of fused-ring (bicyclic) bond motifs is 1. The number of furan rings is 1. The molecule has 1 aliphatic heterocycles. The van der Waals surface area contributed by atoms with Gasteiger partial charge in [-0.25, -0.2) is 0 Å². The molecule has 1 aliphatic rings. The van der Waals surface area contributed by atoms with Crippen molar-refractivity contribution in [3.63, 3.8) is 0 Å². The minimum atomic E-state index is -0.427. The van der Waals surface area contributed by atoms with Gasteiger partial charge in [-0.2, -0.15) is 0 Å². The van der Waals surface area contributed by atoms with Crippen LogP contribution in [0, 0.1) is 0 Å². The Morgan fingerprint density at radius 2 is 2.24 bits per heavy atom. The number of para-hydroxylation sites is 1. The number of amides is 1.